The van der Waals surface area contributed by atoms with Crippen molar-refractivity contribution in [3.05, 3.63) is 53.4 Å². The number of aryl methyl sites for hydroxylation is 1. The zero-order valence-corrected chi connectivity index (χ0v) is 16.7. The maximum atomic E-state index is 12.7. The van der Waals surface area contributed by atoms with Gasteiger partial charge in [-0.05, 0) is 43.8 Å². The van der Waals surface area contributed by atoms with Crippen molar-refractivity contribution in [2.75, 3.05) is 26.7 Å². The van der Waals surface area contributed by atoms with Crippen molar-refractivity contribution in [3.8, 4) is 0 Å². The molecule has 1 saturated heterocycles. The molecular formula is C22H31N3O2. The normalized spacial score (nSPS) is 20.3. The fraction of sp³-hybridized carbons (Fsp3) is 0.545. The molecule has 3 rings (SSSR count). The summed E-state index contributed by atoms with van der Waals surface area (Å²) in [5, 5.41) is 7.03. The molecule has 2 heterocycles. The van der Waals surface area contributed by atoms with Gasteiger partial charge in [0, 0.05) is 26.1 Å². The van der Waals surface area contributed by atoms with Crippen molar-refractivity contribution >= 4 is 5.91 Å². The Morgan fingerprint density at radius 3 is 2.78 bits per heavy atom. The van der Waals surface area contributed by atoms with E-state index in [4.69, 9.17) is 4.52 Å². The quantitative estimate of drug-likeness (QED) is 0.775. The monoisotopic (exact) mass is 369 g/mol. The number of carbonyl (C=O) groups is 1. The Hall–Kier alpha value is -2.14. The summed E-state index contributed by atoms with van der Waals surface area (Å²) in [7, 11) is 1.72. The van der Waals surface area contributed by atoms with Gasteiger partial charge in [0.1, 0.15) is 5.76 Å². The molecule has 1 aliphatic rings. The van der Waals surface area contributed by atoms with Crippen molar-refractivity contribution < 1.29 is 9.32 Å². The smallest absolute Gasteiger partial charge is 0.227 e. The van der Waals surface area contributed by atoms with Gasteiger partial charge in [0.25, 0.3) is 0 Å². The van der Waals surface area contributed by atoms with E-state index < -0.39 is 5.41 Å². The number of aromatic nitrogens is 1. The second kappa shape index (κ2) is 8.70. The molecule has 1 aliphatic heterocycles. The number of nitrogens with one attached hydrogen (secondary N) is 1. The summed E-state index contributed by atoms with van der Waals surface area (Å²) in [6.45, 7) is 6.94. The molecular weight excluding hydrogens is 338 g/mol. The van der Waals surface area contributed by atoms with Gasteiger partial charge in [-0.1, -0.05) is 49.3 Å². The van der Waals surface area contributed by atoms with E-state index in [1.54, 1.807) is 7.05 Å². The number of likely N-dealkylation sites (tertiary alicyclic amines) is 1. The van der Waals surface area contributed by atoms with Gasteiger partial charge in [-0.25, -0.2) is 0 Å². The first-order valence-corrected chi connectivity index (χ1v) is 9.96. The number of benzene rings is 1. The van der Waals surface area contributed by atoms with Crippen LogP contribution in [0.5, 0.6) is 0 Å². The average molecular weight is 370 g/mol. The van der Waals surface area contributed by atoms with Crippen molar-refractivity contribution in [2.45, 2.75) is 45.4 Å². The first-order valence-electron chi connectivity index (χ1n) is 9.96. The van der Waals surface area contributed by atoms with Crippen LogP contribution in [-0.2, 0) is 17.6 Å². The molecule has 0 bridgehead atoms. The van der Waals surface area contributed by atoms with Crippen LogP contribution in [0, 0.1) is 5.41 Å². The molecule has 1 atom stereocenters. The van der Waals surface area contributed by atoms with Gasteiger partial charge in [0.15, 0.2) is 0 Å². The van der Waals surface area contributed by atoms with Gasteiger partial charge in [0.05, 0.1) is 11.1 Å². The predicted octanol–water partition coefficient (Wildman–Crippen LogP) is 3.41. The molecule has 5 nitrogen and oxygen atoms in total. The van der Waals surface area contributed by atoms with Gasteiger partial charge >= 0.3 is 0 Å². The number of hydrogen-bond donors (Lipinski definition) is 1. The molecule has 1 aromatic carbocycles. The summed E-state index contributed by atoms with van der Waals surface area (Å²) in [5.41, 5.74) is 1.90. The SMILES string of the molecule is CNC(=O)[C@]1(Cc2cc(C(C)C)no2)CCN(CCCc2ccccc2)C1. The number of amides is 1. The van der Waals surface area contributed by atoms with Crippen LogP contribution in [0.1, 0.15) is 49.6 Å². The Morgan fingerprint density at radius 1 is 1.33 bits per heavy atom. The molecule has 0 spiro atoms. The molecule has 0 saturated carbocycles. The van der Waals surface area contributed by atoms with Crippen LogP contribution in [0.25, 0.3) is 0 Å². The van der Waals surface area contributed by atoms with Crippen LogP contribution in [0.15, 0.2) is 40.9 Å². The third-order valence-electron chi connectivity index (χ3n) is 5.61. The Bertz CT molecular complexity index is 741. The fourth-order valence-electron chi connectivity index (χ4n) is 3.99. The summed E-state index contributed by atoms with van der Waals surface area (Å²) in [4.78, 5) is 15.1. The van der Waals surface area contributed by atoms with E-state index in [-0.39, 0.29) is 5.91 Å². The van der Waals surface area contributed by atoms with Gasteiger partial charge in [-0.2, -0.15) is 0 Å². The van der Waals surface area contributed by atoms with Crippen LogP contribution >= 0.6 is 0 Å². The zero-order chi connectivity index (χ0) is 19.3. The number of carbonyl (C=O) groups excluding carboxylic acids is 1. The van der Waals surface area contributed by atoms with Gasteiger partial charge < -0.3 is 14.7 Å². The second-order valence-electron chi connectivity index (χ2n) is 8.02. The van der Waals surface area contributed by atoms with Gasteiger partial charge in [-0.3, -0.25) is 4.79 Å². The van der Waals surface area contributed by atoms with E-state index in [2.05, 4.69) is 59.6 Å². The average Bonchev–Trinajstić information content (AvgIpc) is 3.30. The first kappa shape index (κ1) is 19.6. The first-order chi connectivity index (χ1) is 13.0. The third-order valence-corrected chi connectivity index (χ3v) is 5.61. The topological polar surface area (TPSA) is 58.4 Å². The summed E-state index contributed by atoms with van der Waals surface area (Å²) in [6, 6.07) is 12.6. The Morgan fingerprint density at radius 2 is 2.11 bits per heavy atom. The molecule has 0 aliphatic carbocycles. The number of rotatable bonds is 8. The van der Waals surface area contributed by atoms with E-state index in [1.807, 2.05) is 6.07 Å². The Labute approximate surface area is 162 Å². The zero-order valence-electron chi connectivity index (χ0n) is 16.7. The molecule has 0 radical (unpaired) electrons. The lowest BCUT2D eigenvalue weighted by atomic mass is 9.81. The molecule has 5 heteroatoms. The maximum absolute atomic E-state index is 12.7. The summed E-state index contributed by atoms with van der Waals surface area (Å²) < 4.78 is 5.53. The molecule has 1 amide bonds. The minimum Gasteiger partial charge on any atom is -0.361 e. The van der Waals surface area contributed by atoms with E-state index in [9.17, 15) is 4.79 Å². The van der Waals surface area contributed by atoms with E-state index in [1.165, 1.54) is 5.56 Å². The second-order valence-corrected chi connectivity index (χ2v) is 8.02. The van der Waals surface area contributed by atoms with Gasteiger partial charge in [-0.15, -0.1) is 0 Å². The molecule has 27 heavy (non-hydrogen) atoms. The molecule has 146 valence electrons. The predicted molar refractivity (Wildman–Crippen MR) is 107 cm³/mol. The maximum Gasteiger partial charge on any atom is 0.227 e. The highest BCUT2D eigenvalue weighted by molar-refractivity contribution is 5.83. The van der Waals surface area contributed by atoms with E-state index in [0.717, 1.165) is 50.4 Å². The van der Waals surface area contributed by atoms with Crippen LogP contribution in [0.3, 0.4) is 0 Å². The standard InChI is InChI=1S/C22H31N3O2/c1-17(2)20-14-19(27-24-20)15-22(21(26)23-3)11-13-25(16-22)12-7-10-18-8-5-4-6-9-18/h4-6,8-9,14,17H,7,10-13,15-16H2,1-3H3,(H,23,26)/t22-/m0/s1. The lowest BCUT2D eigenvalue weighted by molar-refractivity contribution is -0.130. The molecule has 1 fully saturated rings. The Balaban J connectivity index is 1.60. The fourth-order valence-corrected chi connectivity index (χ4v) is 3.99. The van der Waals surface area contributed by atoms with Crippen molar-refractivity contribution in [1.29, 1.82) is 0 Å². The highest BCUT2D eigenvalue weighted by Crippen LogP contribution is 2.35. The highest BCUT2D eigenvalue weighted by atomic mass is 16.5. The summed E-state index contributed by atoms with van der Waals surface area (Å²) in [6.07, 6.45) is 3.65. The van der Waals surface area contributed by atoms with Crippen LogP contribution < -0.4 is 5.32 Å². The van der Waals surface area contributed by atoms with Crippen molar-refractivity contribution in [1.82, 2.24) is 15.4 Å². The van der Waals surface area contributed by atoms with Gasteiger partial charge in [0.2, 0.25) is 5.91 Å². The lowest BCUT2D eigenvalue weighted by Crippen LogP contribution is -2.43. The molecule has 1 aromatic heterocycles. The number of hydrogen-bond acceptors (Lipinski definition) is 4. The van der Waals surface area contributed by atoms with Crippen LogP contribution in [0.4, 0.5) is 0 Å². The minimum atomic E-state index is -0.421. The van der Waals surface area contributed by atoms with Crippen LogP contribution in [0.2, 0.25) is 0 Å². The van der Waals surface area contributed by atoms with Crippen molar-refractivity contribution in [3.63, 3.8) is 0 Å². The highest BCUT2D eigenvalue weighted by Gasteiger charge is 2.44. The van der Waals surface area contributed by atoms with Crippen molar-refractivity contribution in [2.24, 2.45) is 5.41 Å². The molecule has 2 aromatic rings. The summed E-state index contributed by atoms with van der Waals surface area (Å²) in [5.74, 6) is 1.25. The minimum absolute atomic E-state index is 0.107. The molecule has 0 unspecified atom stereocenters. The van der Waals surface area contributed by atoms with E-state index >= 15 is 0 Å². The lowest BCUT2D eigenvalue weighted by Gasteiger charge is -2.26. The Kier molecular flexibility index (Phi) is 6.32. The number of nitrogens with zero attached hydrogens (tertiary/aromatic N) is 2. The largest absolute Gasteiger partial charge is 0.361 e. The third kappa shape index (κ3) is 4.78. The van der Waals surface area contributed by atoms with E-state index in [0.29, 0.717) is 12.3 Å². The van der Waals surface area contributed by atoms with Crippen LogP contribution in [-0.4, -0.2) is 42.6 Å². The summed E-state index contributed by atoms with van der Waals surface area (Å²) >= 11 is 0. The molecule has 1 N–H and O–H groups in total.